The minimum absolute atomic E-state index is 0.196. The van der Waals surface area contributed by atoms with Crippen molar-refractivity contribution in [2.75, 3.05) is 0 Å². The molecule has 0 saturated carbocycles. The van der Waals surface area contributed by atoms with Crippen LogP contribution < -0.4 is 16.2 Å². The molecule has 0 aromatic heterocycles. The van der Waals surface area contributed by atoms with Gasteiger partial charge in [0.2, 0.25) is 0 Å². The number of halogens is 1. The Morgan fingerprint density at radius 1 is 0.875 bits per heavy atom. The number of hydrazine groups is 1. The van der Waals surface area contributed by atoms with Crippen LogP contribution in [0, 0.1) is 5.82 Å². The van der Waals surface area contributed by atoms with Crippen LogP contribution in [0.15, 0.2) is 54.6 Å². The predicted molar refractivity (Wildman–Crippen MR) is 85.4 cm³/mol. The minimum atomic E-state index is -0.890. The molecule has 0 saturated heterocycles. The van der Waals surface area contributed by atoms with Gasteiger partial charge in [-0.05, 0) is 31.2 Å². The van der Waals surface area contributed by atoms with Gasteiger partial charge >= 0.3 is 0 Å². The maximum atomic E-state index is 13.5. The standard InChI is InChI=1S/C17H16FN3O3/c1-11(19-16(23)12-7-3-2-4-8-12)15(22)20-21-17(24)13-9-5-6-10-14(13)18/h2-11H,1H3,(H,19,23)(H,20,22)(H,21,24). The van der Waals surface area contributed by atoms with E-state index in [2.05, 4.69) is 16.2 Å². The van der Waals surface area contributed by atoms with Crippen LogP contribution in [0.4, 0.5) is 4.39 Å². The van der Waals surface area contributed by atoms with E-state index in [9.17, 15) is 18.8 Å². The molecule has 0 aliphatic carbocycles. The smallest absolute Gasteiger partial charge is 0.272 e. The Labute approximate surface area is 138 Å². The summed E-state index contributed by atoms with van der Waals surface area (Å²) in [5.74, 6) is -2.54. The minimum Gasteiger partial charge on any atom is -0.340 e. The Morgan fingerprint density at radius 3 is 2.17 bits per heavy atom. The average molecular weight is 329 g/mol. The van der Waals surface area contributed by atoms with Gasteiger partial charge in [0.15, 0.2) is 0 Å². The molecule has 0 spiro atoms. The van der Waals surface area contributed by atoms with E-state index < -0.39 is 29.6 Å². The molecule has 2 rings (SSSR count). The van der Waals surface area contributed by atoms with Crippen molar-refractivity contribution in [3.63, 3.8) is 0 Å². The van der Waals surface area contributed by atoms with Crippen molar-refractivity contribution in [1.82, 2.24) is 16.2 Å². The van der Waals surface area contributed by atoms with Gasteiger partial charge < -0.3 is 5.32 Å². The van der Waals surface area contributed by atoms with Crippen LogP contribution in [-0.4, -0.2) is 23.8 Å². The van der Waals surface area contributed by atoms with Gasteiger partial charge in [0.1, 0.15) is 11.9 Å². The number of carbonyl (C=O) groups is 3. The Balaban J connectivity index is 1.87. The van der Waals surface area contributed by atoms with Gasteiger partial charge in [0, 0.05) is 5.56 Å². The van der Waals surface area contributed by atoms with Crippen molar-refractivity contribution in [2.45, 2.75) is 13.0 Å². The predicted octanol–water partition coefficient (Wildman–Crippen LogP) is 1.41. The fourth-order valence-corrected chi connectivity index (χ4v) is 1.87. The topological polar surface area (TPSA) is 87.3 Å². The van der Waals surface area contributed by atoms with Crippen molar-refractivity contribution in [3.05, 3.63) is 71.5 Å². The van der Waals surface area contributed by atoms with Crippen molar-refractivity contribution in [1.29, 1.82) is 0 Å². The first-order chi connectivity index (χ1) is 11.5. The van der Waals surface area contributed by atoms with Crippen molar-refractivity contribution < 1.29 is 18.8 Å². The second-order valence-corrected chi connectivity index (χ2v) is 4.98. The summed E-state index contributed by atoms with van der Waals surface area (Å²) in [7, 11) is 0. The summed E-state index contributed by atoms with van der Waals surface area (Å²) in [6.45, 7) is 1.46. The van der Waals surface area contributed by atoms with Crippen LogP contribution in [0.3, 0.4) is 0 Å². The fourth-order valence-electron chi connectivity index (χ4n) is 1.87. The lowest BCUT2D eigenvalue weighted by atomic mass is 10.2. The largest absolute Gasteiger partial charge is 0.340 e. The molecule has 2 aromatic rings. The van der Waals surface area contributed by atoms with E-state index in [0.29, 0.717) is 5.56 Å². The Morgan fingerprint density at radius 2 is 1.50 bits per heavy atom. The van der Waals surface area contributed by atoms with E-state index >= 15 is 0 Å². The SMILES string of the molecule is CC(NC(=O)c1ccccc1)C(=O)NNC(=O)c1ccccc1F. The molecule has 7 heteroatoms. The second kappa shape index (κ2) is 7.87. The summed E-state index contributed by atoms with van der Waals surface area (Å²) >= 11 is 0. The molecule has 24 heavy (non-hydrogen) atoms. The third-order valence-electron chi connectivity index (χ3n) is 3.19. The quantitative estimate of drug-likeness (QED) is 0.741. The lowest BCUT2D eigenvalue weighted by Gasteiger charge is -2.14. The Hall–Kier alpha value is -3.22. The van der Waals surface area contributed by atoms with E-state index in [0.717, 1.165) is 6.07 Å². The van der Waals surface area contributed by atoms with Gasteiger partial charge in [-0.3, -0.25) is 25.2 Å². The number of nitrogens with one attached hydrogen (secondary N) is 3. The highest BCUT2D eigenvalue weighted by Crippen LogP contribution is 2.05. The van der Waals surface area contributed by atoms with Crippen molar-refractivity contribution in [2.24, 2.45) is 0 Å². The molecule has 0 aliphatic rings. The van der Waals surface area contributed by atoms with Crippen molar-refractivity contribution >= 4 is 17.7 Å². The van der Waals surface area contributed by atoms with Gasteiger partial charge in [-0.15, -0.1) is 0 Å². The van der Waals surface area contributed by atoms with Gasteiger partial charge in [-0.2, -0.15) is 0 Å². The first-order valence-electron chi connectivity index (χ1n) is 7.19. The van der Waals surface area contributed by atoms with E-state index in [1.165, 1.54) is 25.1 Å². The molecule has 0 aliphatic heterocycles. The molecule has 2 aromatic carbocycles. The zero-order valence-corrected chi connectivity index (χ0v) is 12.9. The molecule has 0 bridgehead atoms. The highest BCUT2D eigenvalue weighted by atomic mass is 19.1. The number of hydrogen-bond acceptors (Lipinski definition) is 3. The zero-order chi connectivity index (χ0) is 17.5. The number of hydrogen-bond donors (Lipinski definition) is 3. The lowest BCUT2D eigenvalue weighted by Crippen LogP contribution is -2.51. The van der Waals surface area contributed by atoms with E-state index in [-0.39, 0.29) is 5.56 Å². The van der Waals surface area contributed by atoms with Crippen LogP contribution in [0.25, 0.3) is 0 Å². The molecule has 0 radical (unpaired) electrons. The highest BCUT2D eigenvalue weighted by Gasteiger charge is 2.18. The monoisotopic (exact) mass is 329 g/mol. The normalized spacial score (nSPS) is 11.2. The van der Waals surface area contributed by atoms with Gasteiger partial charge in [-0.25, -0.2) is 4.39 Å². The van der Waals surface area contributed by atoms with Crippen LogP contribution in [0.2, 0.25) is 0 Å². The molecule has 0 heterocycles. The van der Waals surface area contributed by atoms with Crippen LogP contribution in [0.1, 0.15) is 27.6 Å². The molecule has 3 amide bonds. The summed E-state index contributed by atoms with van der Waals surface area (Å²) in [5, 5.41) is 2.49. The molecule has 1 atom stereocenters. The molecule has 124 valence electrons. The Bertz CT molecular complexity index is 750. The number of amides is 3. The number of rotatable bonds is 4. The third-order valence-corrected chi connectivity index (χ3v) is 3.19. The average Bonchev–Trinajstić information content (AvgIpc) is 2.60. The maximum Gasteiger partial charge on any atom is 0.272 e. The van der Waals surface area contributed by atoms with E-state index in [1.807, 2.05) is 0 Å². The first kappa shape index (κ1) is 17.1. The second-order valence-electron chi connectivity index (χ2n) is 4.98. The van der Waals surface area contributed by atoms with Gasteiger partial charge in [0.05, 0.1) is 5.56 Å². The summed E-state index contributed by atoms with van der Waals surface area (Å²) < 4.78 is 13.5. The summed E-state index contributed by atoms with van der Waals surface area (Å²) in [6.07, 6.45) is 0. The van der Waals surface area contributed by atoms with Crippen LogP contribution >= 0.6 is 0 Å². The lowest BCUT2D eigenvalue weighted by molar-refractivity contribution is -0.123. The summed E-state index contributed by atoms with van der Waals surface area (Å²) in [6, 6.07) is 12.9. The highest BCUT2D eigenvalue weighted by molar-refractivity contribution is 5.99. The fraction of sp³-hybridized carbons (Fsp3) is 0.118. The molecule has 3 N–H and O–H groups in total. The number of benzene rings is 2. The zero-order valence-electron chi connectivity index (χ0n) is 12.9. The molecule has 1 unspecified atom stereocenters. The number of carbonyl (C=O) groups excluding carboxylic acids is 3. The molecular formula is C17H16FN3O3. The Kier molecular flexibility index (Phi) is 5.62. The summed E-state index contributed by atoms with van der Waals surface area (Å²) in [4.78, 5) is 35.6. The van der Waals surface area contributed by atoms with Crippen LogP contribution in [0.5, 0.6) is 0 Å². The molecular weight excluding hydrogens is 313 g/mol. The first-order valence-corrected chi connectivity index (χ1v) is 7.19. The third kappa shape index (κ3) is 4.39. The van der Waals surface area contributed by atoms with Crippen molar-refractivity contribution in [3.8, 4) is 0 Å². The van der Waals surface area contributed by atoms with Gasteiger partial charge in [0.25, 0.3) is 17.7 Å². The molecule has 0 fully saturated rings. The molecule has 6 nitrogen and oxygen atoms in total. The van der Waals surface area contributed by atoms with E-state index in [4.69, 9.17) is 0 Å². The van der Waals surface area contributed by atoms with Gasteiger partial charge in [-0.1, -0.05) is 30.3 Å². The maximum absolute atomic E-state index is 13.5. The summed E-state index contributed by atoms with van der Waals surface area (Å²) in [5.41, 5.74) is 4.46. The van der Waals surface area contributed by atoms with E-state index in [1.54, 1.807) is 30.3 Å². The van der Waals surface area contributed by atoms with Crippen LogP contribution in [-0.2, 0) is 4.79 Å².